The average Bonchev–Trinajstić information content (AvgIpc) is 2.78. The molecule has 2 aromatic rings. The van der Waals surface area contributed by atoms with Crippen molar-refractivity contribution in [3.05, 3.63) is 58.8 Å². The first kappa shape index (κ1) is 14.3. The molecule has 0 fully saturated rings. The lowest BCUT2D eigenvalue weighted by Crippen LogP contribution is -2.17. The largest absolute Gasteiger partial charge is 0.478 e. The van der Waals surface area contributed by atoms with Crippen LogP contribution in [-0.2, 0) is 6.54 Å². The molecular weight excluding hydrogens is 261 g/mol. The van der Waals surface area contributed by atoms with Crippen LogP contribution in [0.4, 0.5) is 4.39 Å². The molecule has 20 heavy (non-hydrogen) atoms. The highest BCUT2D eigenvalue weighted by atomic mass is 19.1. The molecule has 0 saturated heterocycles. The van der Waals surface area contributed by atoms with Gasteiger partial charge in [-0.05, 0) is 37.6 Å². The second-order valence-electron chi connectivity index (χ2n) is 4.64. The maximum absolute atomic E-state index is 12.8. The Labute approximate surface area is 116 Å². The van der Waals surface area contributed by atoms with E-state index < -0.39 is 5.97 Å². The van der Waals surface area contributed by atoms with Gasteiger partial charge < -0.3 is 14.8 Å². The number of rotatable bonds is 5. The number of hydrogen-bond acceptors (Lipinski definition) is 3. The summed E-state index contributed by atoms with van der Waals surface area (Å²) in [4.78, 5) is 10.9. The third-order valence-electron chi connectivity index (χ3n) is 3.15. The highest BCUT2D eigenvalue weighted by Gasteiger charge is 2.14. The number of aryl methyl sites for hydroxylation is 1. The van der Waals surface area contributed by atoms with Gasteiger partial charge in [0.2, 0.25) is 0 Å². The van der Waals surface area contributed by atoms with Crippen molar-refractivity contribution < 1.29 is 18.7 Å². The fraction of sp³-hybridized carbons (Fsp3) is 0.267. The van der Waals surface area contributed by atoms with Gasteiger partial charge in [0.25, 0.3) is 0 Å². The predicted molar refractivity (Wildman–Crippen MR) is 72.1 cm³/mol. The van der Waals surface area contributed by atoms with Gasteiger partial charge in [-0.25, -0.2) is 9.18 Å². The third kappa shape index (κ3) is 3.24. The second kappa shape index (κ2) is 5.88. The summed E-state index contributed by atoms with van der Waals surface area (Å²) < 4.78 is 18.2. The molecule has 0 saturated carbocycles. The minimum atomic E-state index is -0.996. The van der Waals surface area contributed by atoms with E-state index in [9.17, 15) is 9.18 Å². The van der Waals surface area contributed by atoms with Gasteiger partial charge in [0, 0.05) is 6.04 Å². The summed E-state index contributed by atoms with van der Waals surface area (Å²) in [6.07, 6.45) is 0. The Hall–Kier alpha value is -2.14. The molecular formula is C15H16FNO3. The van der Waals surface area contributed by atoms with Crippen LogP contribution in [0, 0.1) is 12.7 Å². The minimum absolute atomic E-state index is 0.00860. The van der Waals surface area contributed by atoms with Crippen molar-refractivity contribution in [1.82, 2.24) is 5.32 Å². The van der Waals surface area contributed by atoms with Gasteiger partial charge in [-0.1, -0.05) is 12.1 Å². The summed E-state index contributed by atoms with van der Waals surface area (Å²) in [5, 5.41) is 12.1. The summed E-state index contributed by atoms with van der Waals surface area (Å²) >= 11 is 0. The first-order valence-corrected chi connectivity index (χ1v) is 6.29. The number of carboxylic acid groups (broad SMARTS) is 1. The lowest BCUT2D eigenvalue weighted by Gasteiger charge is -2.13. The Morgan fingerprint density at radius 2 is 2.05 bits per heavy atom. The second-order valence-corrected chi connectivity index (χ2v) is 4.64. The Morgan fingerprint density at radius 1 is 1.40 bits per heavy atom. The van der Waals surface area contributed by atoms with Crippen LogP contribution in [0.25, 0.3) is 0 Å². The summed E-state index contributed by atoms with van der Waals surface area (Å²) in [6, 6.07) is 7.77. The molecule has 0 unspecified atom stereocenters. The summed E-state index contributed by atoms with van der Waals surface area (Å²) in [5.74, 6) is -0.310. The standard InChI is InChI=1S/C15H16FNO3/c1-9(11-3-5-12(16)6-4-11)17-8-13-7-14(15(18)19)10(2)20-13/h3-7,9,17H,8H2,1-2H3,(H,18,19)/t9-/m0/s1. The van der Waals surface area contributed by atoms with Crippen LogP contribution in [0.3, 0.4) is 0 Å². The lowest BCUT2D eigenvalue weighted by molar-refractivity contribution is 0.0695. The maximum Gasteiger partial charge on any atom is 0.339 e. The van der Waals surface area contributed by atoms with Crippen LogP contribution in [0.15, 0.2) is 34.7 Å². The van der Waals surface area contributed by atoms with E-state index in [0.717, 1.165) is 5.56 Å². The molecule has 0 bridgehead atoms. The molecule has 0 aliphatic carbocycles. The Morgan fingerprint density at radius 3 is 2.60 bits per heavy atom. The normalized spacial score (nSPS) is 12.3. The molecule has 0 aliphatic rings. The van der Waals surface area contributed by atoms with Crippen molar-refractivity contribution in [2.24, 2.45) is 0 Å². The molecule has 0 radical (unpaired) electrons. The van der Waals surface area contributed by atoms with Gasteiger partial charge in [0.05, 0.1) is 6.54 Å². The Kier molecular flexibility index (Phi) is 4.20. The van der Waals surface area contributed by atoms with Gasteiger partial charge >= 0.3 is 5.97 Å². The number of carbonyl (C=O) groups is 1. The number of benzene rings is 1. The van der Waals surface area contributed by atoms with Gasteiger partial charge in [0.1, 0.15) is 22.9 Å². The topological polar surface area (TPSA) is 62.5 Å². The van der Waals surface area contributed by atoms with E-state index in [1.807, 2.05) is 6.92 Å². The minimum Gasteiger partial charge on any atom is -0.478 e. The average molecular weight is 277 g/mol. The molecule has 4 nitrogen and oxygen atoms in total. The zero-order valence-electron chi connectivity index (χ0n) is 11.3. The molecule has 2 N–H and O–H groups in total. The first-order valence-electron chi connectivity index (χ1n) is 6.29. The maximum atomic E-state index is 12.8. The Bertz CT molecular complexity index is 604. The summed E-state index contributed by atoms with van der Waals surface area (Å²) in [6.45, 7) is 3.98. The van der Waals surface area contributed by atoms with Crippen molar-refractivity contribution in [3.8, 4) is 0 Å². The molecule has 0 amide bonds. The molecule has 1 aromatic carbocycles. The van der Waals surface area contributed by atoms with E-state index >= 15 is 0 Å². The van der Waals surface area contributed by atoms with E-state index in [1.54, 1.807) is 19.1 Å². The van der Waals surface area contributed by atoms with E-state index in [0.29, 0.717) is 18.1 Å². The fourth-order valence-corrected chi connectivity index (χ4v) is 1.97. The fourth-order valence-electron chi connectivity index (χ4n) is 1.97. The number of halogens is 1. The van der Waals surface area contributed by atoms with Gasteiger partial charge in [-0.2, -0.15) is 0 Å². The number of hydrogen-bond donors (Lipinski definition) is 2. The van der Waals surface area contributed by atoms with Gasteiger partial charge in [0.15, 0.2) is 0 Å². The van der Waals surface area contributed by atoms with E-state index in [4.69, 9.17) is 9.52 Å². The van der Waals surface area contributed by atoms with Crippen molar-refractivity contribution in [1.29, 1.82) is 0 Å². The van der Waals surface area contributed by atoms with Crippen LogP contribution < -0.4 is 5.32 Å². The Balaban J connectivity index is 1.99. The van der Waals surface area contributed by atoms with E-state index in [-0.39, 0.29) is 17.4 Å². The molecule has 5 heteroatoms. The molecule has 0 aliphatic heterocycles. The monoisotopic (exact) mass is 277 g/mol. The van der Waals surface area contributed by atoms with Crippen LogP contribution in [0.2, 0.25) is 0 Å². The van der Waals surface area contributed by atoms with Crippen molar-refractivity contribution >= 4 is 5.97 Å². The molecule has 0 spiro atoms. The smallest absolute Gasteiger partial charge is 0.339 e. The molecule has 1 aromatic heterocycles. The van der Waals surface area contributed by atoms with E-state index in [1.165, 1.54) is 18.2 Å². The lowest BCUT2D eigenvalue weighted by atomic mass is 10.1. The number of nitrogens with one attached hydrogen (secondary N) is 1. The quantitative estimate of drug-likeness (QED) is 0.880. The number of carboxylic acids is 1. The molecule has 106 valence electrons. The number of aromatic carboxylic acids is 1. The van der Waals surface area contributed by atoms with Crippen LogP contribution >= 0.6 is 0 Å². The van der Waals surface area contributed by atoms with Crippen molar-refractivity contribution in [2.75, 3.05) is 0 Å². The van der Waals surface area contributed by atoms with Crippen LogP contribution in [0.1, 0.15) is 40.4 Å². The SMILES string of the molecule is Cc1oc(CN[C@@H](C)c2ccc(F)cc2)cc1C(=O)O. The molecule has 1 atom stereocenters. The van der Waals surface area contributed by atoms with Crippen LogP contribution in [-0.4, -0.2) is 11.1 Å². The van der Waals surface area contributed by atoms with Gasteiger partial charge in [-0.3, -0.25) is 0 Å². The molecule has 2 rings (SSSR count). The highest BCUT2D eigenvalue weighted by Crippen LogP contribution is 2.17. The number of furan rings is 1. The summed E-state index contributed by atoms with van der Waals surface area (Å²) in [5.41, 5.74) is 1.13. The molecule has 1 heterocycles. The predicted octanol–water partition coefficient (Wildman–Crippen LogP) is 3.28. The van der Waals surface area contributed by atoms with Crippen molar-refractivity contribution in [3.63, 3.8) is 0 Å². The third-order valence-corrected chi connectivity index (χ3v) is 3.15. The van der Waals surface area contributed by atoms with E-state index in [2.05, 4.69) is 5.32 Å². The van der Waals surface area contributed by atoms with Gasteiger partial charge in [-0.15, -0.1) is 0 Å². The first-order chi connectivity index (χ1) is 9.47. The summed E-state index contributed by atoms with van der Waals surface area (Å²) in [7, 11) is 0. The van der Waals surface area contributed by atoms with Crippen LogP contribution in [0.5, 0.6) is 0 Å². The van der Waals surface area contributed by atoms with Crippen molar-refractivity contribution in [2.45, 2.75) is 26.4 Å². The zero-order chi connectivity index (χ0) is 14.7. The zero-order valence-corrected chi connectivity index (χ0v) is 11.3. The highest BCUT2D eigenvalue weighted by molar-refractivity contribution is 5.88.